The smallest absolute Gasteiger partial charge is 0.309 e. The number of para-hydroxylation sites is 1. The Bertz CT molecular complexity index is 1160. The molecule has 2 aromatic heterocycles. The Labute approximate surface area is 183 Å². The highest BCUT2D eigenvalue weighted by Crippen LogP contribution is 2.47. The highest BCUT2D eigenvalue weighted by Gasteiger charge is 2.41. The van der Waals surface area contributed by atoms with Crippen LogP contribution in [0.25, 0.3) is 5.69 Å². The summed E-state index contributed by atoms with van der Waals surface area (Å²) in [7, 11) is 0. The highest BCUT2D eigenvalue weighted by atomic mass is 79.9. The molecule has 1 saturated carbocycles. The maximum absolute atomic E-state index is 13.2. The van der Waals surface area contributed by atoms with E-state index in [-0.39, 0.29) is 34.7 Å². The maximum Gasteiger partial charge on any atom is 0.436 e. The van der Waals surface area contributed by atoms with E-state index in [1.165, 1.54) is 15.6 Å². The average Bonchev–Trinajstić information content (AvgIpc) is 3.39. The van der Waals surface area contributed by atoms with E-state index in [0.717, 1.165) is 12.8 Å². The molecular formula is C20H16BrF3N6O. The number of carbonyl (C=O) groups excluding carboxylic acids is 1. The van der Waals surface area contributed by atoms with Gasteiger partial charge in [0, 0.05) is 12.3 Å². The third kappa shape index (κ3) is 4.34. The predicted molar refractivity (Wildman–Crippen MR) is 108 cm³/mol. The fraction of sp³-hybridized carbons (Fsp3) is 0.300. The van der Waals surface area contributed by atoms with Gasteiger partial charge in [0.15, 0.2) is 11.5 Å². The van der Waals surface area contributed by atoms with Gasteiger partial charge in [0.05, 0.1) is 28.6 Å². The van der Waals surface area contributed by atoms with E-state index in [2.05, 4.69) is 31.4 Å². The van der Waals surface area contributed by atoms with Crippen LogP contribution in [0.4, 0.5) is 19.0 Å². The summed E-state index contributed by atoms with van der Waals surface area (Å²) >= 11 is 3.04. The molecule has 4 rings (SSSR count). The van der Waals surface area contributed by atoms with Crippen LogP contribution in [0.2, 0.25) is 0 Å². The molecule has 1 fully saturated rings. The van der Waals surface area contributed by atoms with Crippen LogP contribution in [0.5, 0.6) is 0 Å². The molecule has 0 bridgehead atoms. The van der Waals surface area contributed by atoms with Gasteiger partial charge in [-0.15, -0.1) is 0 Å². The molecule has 2 heterocycles. The number of nitrogens with zero attached hydrogens (tertiary/aromatic N) is 5. The zero-order valence-electron chi connectivity index (χ0n) is 16.0. The van der Waals surface area contributed by atoms with Crippen molar-refractivity contribution in [1.29, 1.82) is 5.26 Å². The van der Waals surface area contributed by atoms with Gasteiger partial charge in [-0.3, -0.25) is 9.48 Å². The number of amides is 1. The largest absolute Gasteiger partial charge is 0.436 e. The van der Waals surface area contributed by atoms with Crippen LogP contribution < -0.4 is 5.32 Å². The fourth-order valence-electron chi connectivity index (χ4n) is 3.27. The van der Waals surface area contributed by atoms with Gasteiger partial charge in [-0.1, -0.05) is 18.2 Å². The first-order valence-electron chi connectivity index (χ1n) is 9.46. The van der Waals surface area contributed by atoms with Crippen molar-refractivity contribution in [3.8, 4) is 11.8 Å². The van der Waals surface area contributed by atoms with Crippen LogP contribution in [0.3, 0.4) is 0 Å². The summed E-state index contributed by atoms with van der Waals surface area (Å²) in [4.78, 5) is 12.6. The number of benzene rings is 1. The molecule has 7 nitrogen and oxygen atoms in total. The Morgan fingerprint density at radius 1 is 1.29 bits per heavy atom. The molecule has 0 atom stereocenters. The van der Waals surface area contributed by atoms with Gasteiger partial charge in [-0.25, -0.2) is 4.68 Å². The Morgan fingerprint density at radius 3 is 2.61 bits per heavy atom. The van der Waals surface area contributed by atoms with Gasteiger partial charge in [0.25, 0.3) is 0 Å². The number of anilines is 1. The molecule has 1 N–H and O–H groups in total. The number of aromatic nitrogens is 4. The first-order chi connectivity index (χ1) is 14.8. The summed E-state index contributed by atoms with van der Waals surface area (Å²) in [6, 6.07) is 10.9. The molecule has 0 saturated heterocycles. The van der Waals surface area contributed by atoms with Crippen molar-refractivity contribution in [2.45, 2.75) is 37.9 Å². The molecule has 1 amide bonds. The minimum atomic E-state index is -4.58. The van der Waals surface area contributed by atoms with E-state index in [9.17, 15) is 23.2 Å². The van der Waals surface area contributed by atoms with Gasteiger partial charge in [0.1, 0.15) is 11.6 Å². The van der Waals surface area contributed by atoms with Gasteiger partial charge in [-0.2, -0.15) is 28.6 Å². The number of hydrogen-bond donors (Lipinski definition) is 1. The highest BCUT2D eigenvalue weighted by molar-refractivity contribution is 9.10. The van der Waals surface area contributed by atoms with Crippen molar-refractivity contribution in [2.75, 3.05) is 5.32 Å². The fourth-order valence-corrected chi connectivity index (χ4v) is 4.10. The number of nitrogens with one attached hydrogen (secondary N) is 1. The second-order valence-electron chi connectivity index (χ2n) is 7.11. The second-order valence-corrected chi connectivity index (χ2v) is 7.90. The second kappa shape index (κ2) is 8.19. The SMILES string of the molecule is N#Cc1cnn(-c2ccccc2)c1NC(=O)CCn1nc(C(F)(F)F)c(Br)c1C1CC1. The maximum atomic E-state index is 13.2. The van der Waals surface area contributed by atoms with Crippen LogP contribution in [0.15, 0.2) is 41.0 Å². The monoisotopic (exact) mass is 492 g/mol. The molecule has 0 radical (unpaired) electrons. The van der Waals surface area contributed by atoms with Crippen LogP contribution in [-0.2, 0) is 17.5 Å². The third-order valence-electron chi connectivity index (χ3n) is 4.86. The molecule has 1 aliphatic carbocycles. The van der Waals surface area contributed by atoms with Crippen molar-refractivity contribution in [3.63, 3.8) is 0 Å². The number of nitriles is 1. The Kier molecular flexibility index (Phi) is 5.58. The van der Waals surface area contributed by atoms with Gasteiger partial charge >= 0.3 is 6.18 Å². The van der Waals surface area contributed by atoms with E-state index in [0.29, 0.717) is 11.4 Å². The zero-order valence-corrected chi connectivity index (χ0v) is 17.6. The first-order valence-corrected chi connectivity index (χ1v) is 10.3. The quantitative estimate of drug-likeness (QED) is 0.543. The van der Waals surface area contributed by atoms with Crippen molar-refractivity contribution >= 4 is 27.7 Å². The number of hydrogen-bond acceptors (Lipinski definition) is 4. The Morgan fingerprint density at radius 2 is 2.00 bits per heavy atom. The molecule has 31 heavy (non-hydrogen) atoms. The predicted octanol–water partition coefficient (Wildman–Crippen LogP) is 4.63. The lowest BCUT2D eigenvalue weighted by Gasteiger charge is -2.10. The van der Waals surface area contributed by atoms with Crippen LogP contribution in [-0.4, -0.2) is 25.5 Å². The van der Waals surface area contributed by atoms with Crippen molar-refractivity contribution < 1.29 is 18.0 Å². The molecule has 1 aromatic carbocycles. The standard InChI is InChI=1S/C20H16BrF3N6O/c21-16-17(12-6-7-12)29(28-18(16)20(22,23)24)9-8-15(31)27-19-13(10-25)11-26-30(19)14-4-2-1-3-5-14/h1-5,11-12H,6-9H2,(H,27,31). The third-order valence-corrected chi connectivity index (χ3v) is 5.64. The van der Waals surface area contributed by atoms with Gasteiger partial charge in [0.2, 0.25) is 5.91 Å². The van der Waals surface area contributed by atoms with E-state index in [1.807, 2.05) is 12.1 Å². The molecular weight excluding hydrogens is 477 g/mol. The lowest BCUT2D eigenvalue weighted by Crippen LogP contribution is -2.19. The van der Waals surface area contributed by atoms with E-state index >= 15 is 0 Å². The van der Waals surface area contributed by atoms with Crippen molar-refractivity contribution in [2.24, 2.45) is 0 Å². The molecule has 0 unspecified atom stereocenters. The van der Waals surface area contributed by atoms with Crippen LogP contribution >= 0.6 is 15.9 Å². The summed E-state index contributed by atoms with van der Waals surface area (Å²) in [6.07, 6.45) is -1.78. The molecule has 160 valence electrons. The lowest BCUT2D eigenvalue weighted by molar-refractivity contribution is -0.142. The zero-order chi connectivity index (χ0) is 22.2. The number of halogens is 4. The minimum absolute atomic E-state index is 0.00532. The van der Waals surface area contributed by atoms with Crippen LogP contribution in [0, 0.1) is 11.3 Å². The topological polar surface area (TPSA) is 88.5 Å². The minimum Gasteiger partial charge on any atom is -0.309 e. The molecule has 0 aliphatic heterocycles. The van der Waals surface area contributed by atoms with E-state index in [1.54, 1.807) is 24.3 Å². The Hall–Kier alpha value is -3.13. The number of aryl methyl sites for hydroxylation is 1. The molecule has 0 spiro atoms. The lowest BCUT2D eigenvalue weighted by atomic mass is 10.2. The summed E-state index contributed by atoms with van der Waals surface area (Å²) in [5.74, 6) is -0.249. The number of rotatable bonds is 6. The number of alkyl halides is 3. The summed E-state index contributed by atoms with van der Waals surface area (Å²) < 4.78 is 42.3. The van der Waals surface area contributed by atoms with Gasteiger partial charge in [-0.05, 0) is 40.9 Å². The summed E-state index contributed by atoms with van der Waals surface area (Å²) in [5, 5.41) is 19.8. The molecule has 11 heteroatoms. The van der Waals surface area contributed by atoms with Gasteiger partial charge < -0.3 is 5.32 Å². The first kappa shape index (κ1) is 21.1. The van der Waals surface area contributed by atoms with Crippen LogP contribution in [0.1, 0.15) is 42.1 Å². The van der Waals surface area contributed by atoms with E-state index in [4.69, 9.17) is 0 Å². The molecule has 1 aliphatic rings. The average molecular weight is 493 g/mol. The van der Waals surface area contributed by atoms with E-state index < -0.39 is 17.8 Å². The molecule has 3 aromatic rings. The summed E-state index contributed by atoms with van der Waals surface area (Å²) in [5.41, 5.74) is 0.314. The Balaban J connectivity index is 1.53. The number of carbonyl (C=O) groups is 1. The normalized spacial score (nSPS) is 13.8. The summed E-state index contributed by atoms with van der Waals surface area (Å²) in [6.45, 7) is -0.0201. The van der Waals surface area contributed by atoms with Crippen molar-refractivity contribution in [3.05, 3.63) is 58.0 Å². The van der Waals surface area contributed by atoms with Crippen molar-refractivity contribution in [1.82, 2.24) is 19.6 Å².